The number of piperidine rings is 1. The zero-order valence-electron chi connectivity index (χ0n) is 15.8. The SMILES string of the molecule is Cn1cc(C(NC(=O)c2ccc(N3CCCCC3)cc2)C2CC(O)C2)cn1. The average molecular weight is 368 g/mol. The van der Waals surface area contributed by atoms with E-state index in [-0.39, 0.29) is 24.0 Å². The molecule has 1 atom stereocenters. The Morgan fingerprint density at radius 3 is 2.48 bits per heavy atom. The highest BCUT2D eigenvalue weighted by molar-refractivity contribution is 5.94. The van der Waals surface area contributed by atoms with E-state index in [2.05, 4.69) is 15.3 Å². The van der Waals surface area contributed by atoms with E-state index in [4.69, 9.17) is 0 Å². The van der Waals surface area contributed by atoms with Gasteiger partial charge in [-0.2, -0.15) is 5.10 Å². The largest absolute Gasteiger partial charge is 0.393 e. The van der Waals surface area contributed by atoms with E-state index in [1.165, 1.54) is 24.9 Å². The minimum Gasteiger partial charge on any atom is -0.393 e. The number of aliphatic hydroxyl groups excluding tert-OH is 1. The first-order valence-corrected chi connectivity index (χ1v) is 9.92. The third-order valence-electron chi connectivity index (χ3n) is 5.84. The highest BCUT2D eigenvalue weighted by atomic mass is 16.3. The molecule has 0 bridgehead atoms. The number of hydrogen-bond acceptors (Lipinski definition) is 4. The molecule has 1 unspecified atom stereocenters. The standard InChI is InChI=1S/C21H28N4O2/c1-24-14-17(13-22-24)20(16-11-19(26)12-16)23-21(27)15-5-7-18(8-6-15)25-9-3-2-4-10-25/h5-8,13-14,16,19-20,26H,2-4,9-12H2,1H3,(H,23,27). The first kappa shape index (κ1) is 18.0. The molecule has 2 heterocycles. The molecule has 1 saturated heterocycles. The lowest BCUT2D eigenvalue weighted by molar-refractivity contribution is 0.0235. The van der Waals surface area contributed by atoms with Crippen LogP contribution in [0.25, 0.3) is 0 Å². The smallest absolute Gasteiger partial charge is 0.251 e. The van der Waals surface area contributed by atoms with Gasteiger partial charge in [-0.3, -0.25) is 9.48 Å². The second-order valence-electron chi connectivity index (χ2n) is 7.88. The highest BCUT2D eigenvalue weighted by Crippen LogP contribution is 2.38. The number of amides is 1. The van der Waals surface area contributed by atoms with Gasteiger partial charge in [-0.15, -0.1) is 0 Å². The Labute approximate surface area is 160 Å². The molecule has 1 saturated carbocycles. The molecule has 1 amide bonds. The topological polar surface area (TPSA) is 70.4 Å². The maximum absolute atomic E-state index is 12.8. The normalized spacial score (nSPS) is 23.6. The zero-order valence-corrected chi connectivity index (χ0v) is 15.8. The van der Waals surface area contributed by atoms with E-state index in [1.807, 2.05) is 37.5 Å². The number of aromatic nitrogens is 2. The molecule has 27 heavy (non-hydrogen) atoms. The second-order valence-corrected chi connectivity index (χ2v) is 7.88. The van der Waals surface area contributed by atoms with Crippen molar-refractivity contribution in [3.8, 4) is 0 Å². The molecule has 1 aliphatic carbocycles. The average Bonchev–Trinajstić information content (AvgIpc) is 3.11. The summed E-state index contributed by atoms with van der Waals surface area (Å²) in [7, 11) is 1.87. The van der Waals surface area contributed by atoms with Gasteiger partial charge in [0.25, 0.3) is 5.91 Å². The molecular weight excluding hydrogens is 340 g/mol. The van der Waals surface area contributed by atoms with Crippen LogP contribution in [-0.2, 0) is 7.05 Å². The summed E-state index contributed by atoms with van der Waals surface area (Å²) >= 11 is 0. The van der Waals surface area contributed by atoms with Gasteiger partial charge >= 0.3 is 0 Å². The minimum absolute atomic E-state index is 0.0737. The Morgan fingerprint density at radius 1 is 1.19 bits per heavy atom. The van der Waals surface area contributed by atoms with E-state index in [1.54, 1.807) is 10.9 Å². The summed E-state index contributed by atoms with van der Waals surface area (Å²) < 4.78 is 1.75. The molecule has 2 aliphatic rings. The van der Waals surface area contributed by atoms with Crippen molar-refractivity contribution >= 4 is 11.6 Å². The van der Waals surface area contributed by atoms with Crippen molar-refractivity contribution in [1.29, 1.82) is 0 Å². The van der Waals surface area contributed by atoms with Crippen molar-refractivity contribution in [2.75, 3.05) is 18.0 Å². The summed E-state index contributed by atoms with van der Waals surface area (Å²) in [5.41, 5.74) is 2.86. The molecule has 0 radical (unpaired) electrons. The maximum Gasteiger partial charge on any atom is 0.251 e. The van der Waals surface area contributed by atoms with Gasteiger partial charge in [-0.05, 0) is 62.3 Å². The van der Waals surface area contributed by atoms with E-state index < -0.39 is 0 Å². The summed E-state index contributed by atoms with van der Waals surface area (Å²) in [4.78, 5) is 15.2. The second kappa shape index (κ2) is 7.72. The number of nitrogens with one attached hydrogen (secondary N) is 1. The molecule has 2 N–H and O–H groups in total. The van der Waals surface area contributed by atoms with Gasteiger partial charge < -0.3 is 15.3 Å². The Bertz CT molecular complexity index is 774. The van der Waals surface area contributed by atoms with Crippen molar-refractivity contribution in [2.45, 2.75) is 44.2 Å². The van der Waals surface area contributed by atoms with Gasteiger partial charge in [-0.25, -0.2) is 0 Å². The number of carbonyl (C=O) groups is 1. The summed E-state index contributed by atoms with van der Waals surface area (Å²) in [6.07, 6.45) is 8.70. The highest BCUT2D eigenvalue weighted by Gasteiger charge is 2.36. The Hall–Kier alpha value is -2.34. The quantitative estimate of drug-likeness (QED) is 0.851. The van der Waals surface area contributed by atoms with E-state index in [9.17, 15) is 9.90 Å². The van der Waals surface area contributed by atoms with Crippen molar-refractivity contribution in [3.63, 3.8) is 0 Å². The van der Waals surface area contributed by atoms with E-state index in [0.29, 0.717) is 18.4 Å². The van der Waals surface area contributed by atoms with Gasteiger partial charge in [0.15, 0.2) is 0 Å². The zero-order chi connectivity index (χ0) is 18.8. The molecule has 1 aromatic heterocycles. The van der Waals surface area contributed by atoms with Gasteiger partial charge in [0.05, 0.1) is 18.3 Å². The summed E-state index contributed by atoms with van der Waals surface area (Å²) in [6.45, 7) is 2.19. The molecule has 2 fully saturated rings. The lowest BCUT2D eigenvalue weighted by atomic mass is 9.75. The van der Waals surface area contributed by atoms with Crippen LogP contribution >= 0.6 is 0 Å². The Kier molecular flexibility index (Phi) is 5.16. The number of benzene rings is 1. The van der Waals surface area contributed by atoms with Crippen molar-refractivity contribution in [1.82, 2.24) is 15.1 Å². The van der Waals surface area contributed by atoms with Crippen LogP contribution in [0, 0.1) is 5.92 Å². The van der Waals surface area contributed by atoms with Crippen molar-refractivity contribution < 1.29 is 9.90 Å². The molecular formula is C21H28N4O2. The van der Waals surface area contributed by atoms with Crippen LogP contribution in [0.5, 0.6) is 0 Å². The number of hydrogen-bond donors (Lipinski definition) is 2. The van der Waals surface area contributed by atoms with Gasteiger partial charge in [-0.1, -0.05) is 0 Å². The number of carbonyl (C=O) groups excluding carboxylic acids is 1. The van der Waals surface area contributed by atoms with E-state index in [0.717, 1.165) is 18.7 Å². The fourth-order valence-electron chi connectivity index (χ4n) is 4.18. The molecule has 6 heteroatoms. The molecule has 144 valence electrons. The maximum atomic E-state index is 12.8. The van der Waals surface area contributed by atoms with Gasteiger partial charge in [0, 0.05) is 43.1 Å². The van der Waals surface area contributed by atoms with Crippen LogP contribution in [-0.4, -0.2) is 40.0 Å². The first-order valence-electron chi connectivity index (χ1n) is 9.92. The summed E-state index contributed by atoms with van der Waals surface area (Å²) in [5, 5.41) is 17.1. The Balaban J connectivity index is 1.45. The van der Waals surface area contributed by atoms with Crippen LogP contribution in [0.4, 0.5) is 5.69 Å². The summed E-state index contributed by atoms with van der Waals surface area (Å²) in [6, 6.07) is 7.81. The van der Waals surface area contributed by atoms with Crippen LogP contribution in [0.2, 0.25) is 0 Å². The molecule has 1 aromatic carbocycles. The molecule has 1 aliphatic heterocycles. The predicted octanol–water partition coefficient (Wildman–Crippen LogP) is 2.65. The van der Waals surface area contributed by atoms with E-state index >= 15 is 0 Å². The van der Waals surface area contributed by atoms with Crippen LogP contribution in [0.15, 0.2) is 36.7 Å². The lowest BCUT2D eigenvalue weighted by Crippen LogP contribution is -2.41. The fraction of sp³-hybridized carbons (Fsp3) is 0.524. The van der Waals surface area contributed by atoms with Gasteiger partial charge in [0.2, 0.25) is 0 Å². The lowest BCUT2D eigenvalue weighted by Gasteiger charge is -2.37. The summed E-state index contributed by atoms with van der Waals surface area (Å²) in [5.74, 6) is 0.177. The third-order valence-corrected chi connectivity index (χ3v) is 5.84. The van der Waals surface area contributed by atoms with Crippen LogP contribution in [0.3, 0.4) is 0 Å². The monoisotopic (exact) mass is 368 g/mol. The minimum atomic E-state index is -0.255. The Morgan fingerprint density at radius 2 is 1.89 bits per heavy atom. The number of nitrogens with zero attached hydrogens (tertiary/aromatic N) is 3. The van der Waals surface area contributed by atoms with Crippen molar-refractivity contribution in [2.24, 2.45) is 13.0 Å². The molecule has 0 spiro atoms. The molecule has 6 nitrogen and oxygen atoms in total. The van der Waals surface area contributed by atoms with Crippen LogP contribution < -0.4 is 10.2 Å². The van der Waals surface area contributed by atoms with Crippen molar-refractivity contribution in [3.05, 3.63) is 47.8 Å². The molecule has 2 aromatic rings. The number of aryl methyl sites for hydroxylation is 1. The predicted molar refractivity (Wildman–Crippen MR) is 105 cm³/mol. The number of rotatable bonds is 5. The molecule has 4 rings (SSSR count). The number of aliphatic hydroxyl groups is 1. The first-order chi connectivity index (χ1) is 13.1. The van der Waals surface area contributed by atoms with Gasteiger partial charge in [0.1, 0.15) is 0 Å². The fourth-order valence-corrected chi connectivity index (χ4v) is 4.18. The third kappa shape index (κ3) is 4.00. The van der Waals surface area contributed by atoms with Crippen LogP contribution in [0.1, 0.15) is 54.1 Å². The number of anilines is 1.